The summed E-state index contributed by atoms with van der Waals surface area (Å²) in [6, 6.07) is 4.80. The Hall–Kier alpha value is -1.35. The van der Waals surface area contributed by atoms with Crippen molar-refractivity contribution in [1.82, 2.24) is 9.62 Å². The summed E-state index contributed by atoms with van der Waals surface area (Å²) in [5.41, 5.74) is 6.65. The molecule has 4 N–H and O–H groups in total. The molecule has 8 heteroatoms. The van der Waals surface area contributed by atoms with E-state index in [4.69, 9.17) is 10.5 Å². The number of nitrogen functional groups attached to an aromatic ring is 1. The predicted octanol–water partition coefficient (Wildman–Crippen LogP) is 0.311. The molecule has 1 aliphatic heterocycles. The molecule has 0 aromatic heterocycles. The van der Waals surface area contributed by atoms with Crippen molar-refractivity contribution in [3.8, 4) is 0 Å². The first-order valence-electron chi connectivity index (χ1n) is 7.40. The summed E-state index contributed by atoms with van der Waals surface area (Å²) in [7, 11) is -1.88. The number of benzene rings is 1. The van der Waals surface area contributed by atoms with Crippen LogP contribution in [-0.2, 0) is 14.8 Å². The number of rotatable bonds is 7. The zero-order chi connectivity index (χ0) is 16.0. The van der Waals surface area contributed by atoms with E-state index >= 15 is 0 Å². The molecule has 0 unspecified atom stereocenters. The van der Waals surface area contributed by atoms with E-state index in [9.17, 15) is 8.42 Å². The molecule has 1 saturated heterocycles. The van der Waals surface area contributed by atoms with E-state index in [0.717, 1.165) is 39.3 Å². The fraction of sp³-hybridized carbons (Fsp3) is 0.571. The summed E-state index contributed by atoms with van der Waals surface area (Å²) in [5, 5.41) is 2.87. The Bertz CT molecular complexity index is 586. The molecular formula is C14H24N4O3S. The van der Waals surface area contributed by atoms with E-state index in [0.29, 0.717) is 17.9 Å². The molecule has 0 radical (unpaired) electrons. The van der Waals surface area contributed by atoms with Crippen molar-refractivity contribution >= 4 is 21.4 Å². The number of nitrogens with one attached hydrogen (secondary N) is 2. The van der Waals surface area contributed by atoms with Gasteiger partial charge in [-0.25, -0.2) is 13.1 Å². The first kappa shape index (κ1) is 17.0. The topological polar surface area (TPSA) is 96.7 Å². The highest BCUT2D eigenvalue weighted by molar-refractivity contribution is 7.89. The van der Waals surface area contributed by atoms with Gasteiger partial charge in [0.2, 0.25) is 10.0 Å². The highest BCUT2D eigenvalue weighted by Crippen LogP contribution is 2.23. The fourth-order valence-electron chi connectivity index (χ4n) is 2.38. The van der Waals surface area contributed by atoms with Crippen molar-refractivity contribution in [2.24, 2.45) is 0 Å². The quantitative estimate of drug-likeness (QED) is 0.492. The zero-order valence-corrected chi connectivity index (χ0v) is 13.7. The van der Waals surface area contributed by atoms with E-state index < -0.39 is 10.0 Å². The number of anilines is 2. The van der Waals surface area contributed by atoms with Crippen LogP contribution in [0.25, 0.3) is 0 Å². The van der Waals surface area contributed by atoms with Crippen LogP contribution in [0.2, 0.25) is 0 Å². The summed E-state index contributed by atoms with van der Waals surface area (Å²) in [6.07, 6.45) is 0.760. The van der Waals surface area contributed by atoms with Gasteiger partial charge in [0.25, 0.3) is 0 Å². The number of ether oxygens (including phenoxy) is 1. The van der Waals surface area contributed by atoms with Gasteiger partial charge < -0.3 is 15.8 Å². The average molecular weight is 328 g/mol. The van der Waals surface area contributed by atoms with Crippen molar-refractivity contribution in [1.29, 1.82) is 0 Å². The van der Waals surface area contributed by atoms with Gasteiger partial charge in [0, 0.05) is 32.4 Å². The van der Waals surface area contributed by atoms with E-state index in [1.165, 1.54) is 6.07 Å². The van der Waals surface area contributed by atoms with Gasteiger partial charge in [-0.1, -0.05) is 0 Å². The van der Waals surface area contributed by atoms with E-state index in [1.54, 1.807) is 19.2 Å². The normalized spacial score (nSPS) is 16.6. The van der Waals surface area contributed by atoms with Gasteiger partial charge in [-0.15, -0.1) is 0 Å². The number of hydrogen-bond acceptors (Lipinski definition) is 6. The molecule has 0 saturated carbocycles. The van der Waals surface area contributed by atoms with Crippen LogP contribution in [-0.4, -0.2) is 59.8 Å². The lowest BCUT2D eigenvalue weighted by Crippen LogP contribution is -2.38. The molecule has 1 aromatic carbocycles. The minimum absolute atomic E-state index is 0.182. The molecule has 1 fully saturated rings. The highest BCUT2D eigenvalue weighted by Gasteiger charge is 2.18. The lowest BCUT2D eigenvalue weighted by molar-refractivity contribution is 0.0376. The molecule has 1 aromatic rings. The molecule has 22 heavy (non-hydrogen) atoms. The third-order valence-corrected chi connectivity index (χ3v) is 5.11. The van der Waals surface area contributed by atoms with Crippen molar-refractivity contribution in [3.05, 3.63) is 18.2 Å². The van der Waals surface area contributed by atoms with Crippen molar-refractivity contribution in [2.45, 2.75) is 11.3 Å². The van der Waals surface area contributed by atoms with Crippen LogP contribution in [0.4, 0.5) is 11.4 Å². The maximum absolute atomic E-state index is 12.4. The predicted molar refractivity (Wildman–Crippen MR) is 87.5 cm³/mol. The second kappa shape index (κ2) is 7.77. The van der Waals surface area contributed by atoms with Gasteiger partial charge in [0.1, 0.15) is 4.90 Å². The van der Waals surface area contributed by atoms with Crippen LogP contribution in [0.3, 0.4) is 0 Å². The van der Waals surface area contributed by atoms with Crippen molar-refractivity contribution in [2.75, 3.05) is 57.5 Å². The van der Waals surface area contributed by atoms with E-state index in [-0.39, 0.29) is 4.90 Å². The van der Waals surface area contributed by atoms with Crippen LogP contribution in [0, 0.1) is 0 Å². The summed E-state index contributed by atoms with van der Waals surface area (Å²) in [6.45, 7) is 4.58. The first-order chi connectivity index (χ1) is 10.5. The summed E-state index contributed by atoms with van der Waals surface area (Å²) >= 11 is 0. The Morgan fingerprint density at radius 2 is 2.05 bits per heavy atom. The Balaban J connectivity index is 1.89. The SMILES string of the molecule is CNc1ccc(N)cc1S(=O)(=O)NCCCN1CCOCC1. The molecule has 7 nitrogen and oxygen atoms in total. The number of hydrogen-bond donors (Lipinski definition) is 3. The maximum Gasteiger partial charge on any atom is 0.242 e. The maximum atomic E-state index is 12.4. The fourth-order valence-corrected chi connectivity index (χ4v) is 3.70. The minimum atomic E-state index is -3.56. The lowest BCUT2D eigenvalue weighted by atomic mass is 10.3. The standard InChI is InChI=1S/C14H24N4O3S/c1-16-13-4-3-12(15)11-14(13)22(19,20)17-5-2-6-18-7-9-21-10-8-18/h3-4,11,16-17H,2,5-10,15H2,1H3. The van der Waals surface area contributed by atoms with Gasteiger partial charge in [-0.3, -0.25) is 4.90 Å². The van der Waals surface area contributed by atoms with Crippen LogP contribution >= 0.6 is 0 Å². The second-order valence-electron chi connectivity index (χ2n) is 5.21. The van der Waals surface area contributed by atoms with Crippen molar-refractivity contribution in [3.63, 3.8) is 0 Å². The highest BCUT2D eigenvalue weighted by atomic mass is 32.2. The van der Waals surface area contributed by atoms with Gasteiger partial charge in [0.05, 0.1) is 18.9 Å². The Morgan fingerprint density at radius 1 is 1.32 bits per heavy atom. The van der Waals surface area contributed by atoms with Crippen LogP contribution in [0.1, 0.15) is 6.42 Å². The molecule has 0 spiro atoms. The summed E-state index contributed by atoms with van der Waals surface area (Å²) in [5.74, 6) is 0. The van der Waals surface area contributed by atoms with E-state index in [2.05, 4.69) is 14.9 Å². The van der Waals surface area contributed by atoms with Gasteiger partial charge >= 0.3 is 0 Å². The molecule has 2 rings (SSSR count). The molecule has 1 heterocycles. The molecule has 0 bridgehead atoms. The van der Waals surface area contributed by atoms with Crippen molar-refractivity contribution < 1.29 is 13.2 Å². The Kier molecular flexibility index (Phi) is 6.01. The zero-order valence-electron chi connectivity index (χ0n) is 12.8. The summed E-state index contributed by atoms with van der Waals surface area (Å²) < 4.78 is 32.7. The number of nitrogens with two attached hydrogens (primary N) is 1. The largest absolute Gasteiger partial charge is 0.399 e. The third kappa shape index (κ3) is 4.57. The van der Waals surface area contributed by atoms with Crippen LogP contribution in [0.15, 0.2) is 23.1 Å². The molecule has 0 aliphatic carbocycles. The van der Waals surface area contributed by atoms with Gasteiger partial charge in [-0.2, -0.15) is 0 Å². The van der Waals surface area contributed by atoms with Crippen LogP contribution in [0.5, 0.6) is 0 Å². The molecule has 1 aliphatic rings. The smallest absolute Gasteiger partial charge is 0.242 e. The number of morpholine rings is 1. The van der Waals surface area contributed by atoms with E-state index in [1.807, 2.05) is 0 Å². The second-order valence-corrected chi connectivity index (χ2v) is 6.95. The number of sulfonamides is 1. The molecule has 124 valence electrons. The molecule has 0 atom stereocenters. The summed E-state index contributed by atoms with van der Waals surface area (Å²) in [4.78, 5) is 2.46. The Morgan fingerprint density at radius 3 is 2.73 bits per heavy atom. The van der Waals surface area contributed by atoms with Gasteiger partial charge in [-0.05, 0) is 31.2 Å². The first-order valence-corrected chi connectivity index (χ1v) is 8.88. The number of nitrogens with zero attached hydrogens (tertiary/aromatic N) is 1. The Labute approximate surface area is 131 Å². The molecular weight excluding hydrogens is 304 g/mol. The monoisotopic (exact) mass is 328 g/mol. The van der Waals surface area contributed by atoms with Gasteiger partial charge in [0.15, 0.2) is 0 Å². The van der Waals surface area contributed by atoms with Crippen LogP contribution < -0.4 is 15.8 Å². The average Bonchev–Trinajstić information content (AvgIpc) is 2.52. The lowest BCUT2D eigenvalue weighted by Gasteiger charge is -2.26. The third-order valence-electron chi connectivity index (χ3n) is 3.61. The molecule has 0 amide bonds. The minimum Gasteiger partial charge on any atom is -0.399 e.